The van der Waals surface area contributed by atoms with E-state index in [0.29, 0.717) is 22.5 Å². The van der Waals surface area contributed by atoms with Crippen molar-refractivity contribution in [3.8, 4) is 0 Å². The molecule has 0 unspecified atom stereocenters. The third-order valence-electron chi connectivity index (χ3n) is 2.56. The third kappa shape index (κ3) is 2.66. The summed E-state index contributed by atoms with van der Waals surface area (Å²) < 4.78 is 13.1. The molecule has 0 aliphatic carbocycles. The zero-order chi connectivity index (χ0) is 13.1. The van der Waals surface area contributed by atoms with Crippen molar-refractivity contribution in [2.45, 2.75) is 6.92 Å². The number of nitrogen functional groups attached to an aromatic ring is 1. The van der Waals surface area contributed by atoms with E-state index in [2.05, 4.69) is 5.32 Å². The minimum Gasteiger partial charge on any atom is -0.399 e. The maximum absolute atomic E-state index is 13.1. The summed E-state index contributed by atoms with van der Waals surface area (Å²) in [6.07, 6.45) is 0. The Balaban J connectivity index is 2.18. The zero-order valence-corrected chi connectivity index (χ0v) is 9.91. The van der Waals surface area contributed by atoms with Crippen molar-refractivity contribution < 1.29 is 9.18 Å². The average molecular weight is 244 g/mol. The van der Waals surface area contributed by atoms with Gasteiger partial charge in [0.25, 0.3) is 5.91 Å². The molecule has 18 heavy (non-hydrogen) atoms. The average Bonchev–Trinajstić information content (AvgIpc) is 2.34. The van der Waals surface area contributed by atoms with Gasteiger partial charge >= 0.3 is 0 Å². The summed E-state index contributed by atoms with van der Waals surface area (Å²) in [5.74, 6) is -0.565. The van der Waals surface area contributed by atoms with E-state index in [1.807, 2.05) is 0 Å². The fourth-order valence-corrected chi connectivity index (χ4v) is 1.61. The summed E-state index contributed by atoms with van der Waals surface area (Å²) in [5, 5.41) is 2.69. The Kier molecular flexibility index (Phi) is 3.28. The standard InChI is InChI=1S/C14H13FN2O/c1-9-7-12(5-6-13(9)15)17-14(18)10-3-2-4-11(16)8-10/h2-8H,16H2,1H3,(H,17,18). The minimum atomic E-state index is -0.294. The number of hydrogen-bond donors (Lipinski definition) is 2. The van der Waals surface area contributed by atoms with E-state index in [1.165, 1.54) is 12.1 Å². The van der Waals surface area contributed by atoms with Gasteiger partial charge in [-0.1, -0.05) is 6.07 Å². The fourth-order valence-electron chi connectivity index (χ4n) is 1.61. The Bertz CT molecular complexity index is 596. The molecule has 0 atom stereocenters. The number of rotatable bonds is 2. The number of amides is 1. The first-order valence-electron chi connectivity index (χ1n) is 5.49. The third-order valence-corrected chi connectivity index (χ3v) is 2.56. The second kappa shape index (κ2) is 4.87. The van der Waals surface area contributed by atoms with Gasteiger partial charge in [-0.05, 0) is 48.9 Å². The molecule has 0 spiro atoms. The van der Waals surface area contributed by atoms with Crippen molar-refractivity contribution in [2.75, 3.05) is 11.1 Å². The Morgan fingerprint density at radius 1 is 1.22 bits per heavy atom. The molecule has 2 rings (SSSR count). The van der Waals surface area contributed by atoms with Crippen LogP contribution >= 0.6 is 0 Å². The van der Waals surface area contributed by atoms with Crippen molar-refractivity contribution in [3.63, 3.8) is 0 Å². The summed E-state index contributed by atoms with van der Waals surface area (Å²) in [6, 6.07) is 11.1. The summed E-state index contributed by atoms with van der Waals surface area (Å²) >= 11 is 0. The highest BCUT2D eigenvalue weighted by Crippen LogP contribution is 2.15. The first kappa shape index (κ1) is 12.1. The van der Waals surface area contributed by atoms with Gasteiger partial charge in [0.15, 0.2) is 0 Å². The van der Waals surface area contributed by atoms with Crippen molar-refractivity contribution >= 4 is 17.3 Å². The molecule has 2 aromatic carbocycles. The molecule has 0 radical (unpaired) electrons. The molecule has 92 valence electrons. The lowest BCUT2D eigenvalue weighted by Gasteiger charge is -2.07. The Morgan fingerprint density at radius 2 is 2.00 bits per heavy atom. The molecular weight excluding hydrogens is 231 g/mol. The highest BCUT2D eigenvalue weighted by molar-refractivity contribution is 6.04. The molecule has 1 amide bonds. The molecule has 0 aliphatic rings. The highest BCUT2D eigenvalue weighted by atomic mass is 19.1. The number of anilines is 2. The van der Waals surface area contributed by atoms with Crippen molar-refractivity contribution in [3.05, 3.63) is 59.4 Å². The highest BCUT2D eigenvalue weighted by Gasteiger charge is 2.07. The van der Waals surface area contributed by atoms with Crippen LogP contribution in [0.25, 0.3) is 0 Å². The van der Waals surface area contributed by atoms with E-state index < -0.39 is 0 Å². The van der Waals surface area contributed by atoms with Crippen LogP contribution in [-0.2, 0) is 0 Å². The van der Waals surface area contributed by atoms with Gasteiger partial charge in [0.2, 0.25) is 0 Å². The lowest BCUT2D eigenvalue weighted by molar-refractivity contribution is 0.102. The van der Waals surface area contributed by atoms with Gasteiger partial charge in [0, 0.05) is 16.9 Å². The molecule has 0 fully saturated rings. The Labute approximate surface area is 104 Å². The predicted octanol–water partition coefficient (Wildman–Crippen LogP) is 2.97. The first-order chi connectivity index (χ1) is 8.56. The quantitative estimate of drug-likeness (QED) is 0.798. The van der Waals surface area contributed by atoms with Crippen LogP contribution in [0, 0.1) is 12.7 Å². The van der Waals surface area contributed by atoms with Gasteiger partial charge in [-0.3, -0.25) is 4.79 Å². The van der Waals surface area contributed by atoms with E-state index in [9.17, 15) is 9.18 Å². The van der Waals surface area contributed by atoms with Crippen LogP contribution in [-0.4, -0.2) is 5.91 Å². The summed E-state index contributed by atoms with van der Waals surface area (Å²) in [7, 11) is 0. The largest absolute Gasteiger partial charge is 0.399 e. The number of carbonyl (C=O) groups is 1. The fraction of sp³-hybridized carbons (Fsp3) is 0.0714. The number of benzene rings is 2. The lowest BCUT2D eigenvalue weighted by atomic mass is 10.1. The smallest absolute Gasteiger partial charge is 0.255 e. The zero-order valence-electron chi connectivity index (χ0n) is 9.91. The number of carbonyl (C=O) groups excluding carboxylic acids is 1. The monoisotopic (exact) mass is 244 g/mol. The Hall–Kier alpha value is -2.36. The van der Waals surface area contributed by atoms with Gasteiger partial charge < -0.3 is 11.1 Å². The number of hydrogen-bond acceptors (Lipinski definition) is 2. The molecule has 0 saturated heterocycles. The summed E-state index contributed by atoms with van der Waals surface area (Å²) in [4.78, 5) is 11.9. The van der Waals surface area contributed by atoms with Crippen molar-refractivity contribution in [2.24, 2.45) is 0 Å². The molecule has 3 nitrogen and oxygen atoms in total. The topological polar surface area (TPSA) is 55.1 Å². The SMILES string of the molecule is Cc1cc(NC(=O)c2cccc(N)c2)ccc1F. The van der Waals surface area contributed by atoms with Gasteiger partial charge in [0.1, 0.15) is 5.82 Å². The van der Waals surface area contributed by atoms with Crippen molar-refractivity contribution in [1.29, 1.82) is 0 Å². The van der Waals surface area contributed by atoms with Gasteiger partial charge in [-0.15, -0.1) is 0 Å². The number of nitrogens with one attached hydrogen (secondary N) is 1. The van der Waals surface area contributed by atoms with Crippen LogP contribution in [0.15, 0.2) is 42.5 Å². The van der Waals surface area contributed by atoms with E-state index in [4.69, 9.17) is 5.73 Å². The molecule has 3 N–H and O–H groups in total. The molecule has 0 aliphatic heterocycles. The van der Waals surface area contributed by atoms with Gasteiger partial charge in [-0.25, -0.2) is 4.39 Å². The molecule has 0 aromatic heterocycles. The second-order valence-corrected chi connectivity index (χ2v) is 4.04. The van der Waals surface area contributed by atoms with Crippen LogP contribution in [0.3, 0.4) is 0 Å². The number of halogens is 1. The second-order valence-electron chi connectivity index (χ2n) is 4.04. The maximum Gasteiger partial charge on any atom is 0.255 e. The van der Waals surface area contributed by atoms with Crippen LogP contribution in [0.1, 0.15) is 15.9 Å². The molecule has 2 aromatic rings. The summed E-state index contributed by atoms with van der Waals surface area (Å²) in [6.45, 7) is 1.64. The minimum absolute atomic E-state index is 0.270. The predicted molar refractivity (Wildman–Crippen MR) is 69.9 cm³/mol. The molecule has 0 heterocycles. The van der Waals surface area contributed by atoms with Gasteiger partial charge in [0.05, 0.1) is 0 Å². The maximum atomic E-state index is 13.1. The van der Waals surface area contributed by atoms with E-state index in [0.717, 1.165) is 0 Å². The molecular formula is C14H13FN2O. The molecule has 0 bridgehead atoms. The Morgan fingerprint density at radius 3 is 2.67 bits per heavy atom. The lowest BCUT2D eigenvalue weighted by Crippen LogP contribution is -2.12. The van der Waals surface area contributed by atoms with E-state index in [1.54, 1.807) is 37.3 Å². The summed E-state index contributed by atoms with van der Waals surface area (Å²) in [5.41, 5.74) is 7.64. The van der Waals surface area contributed by atoms with Crippen LogP contribution < -0.4 is 11.1 Å². The van der Waals surface area contributed by atoms with Crippen LogP contribution in [0.2, 0.25) is 0 Å². The van der Waals surface area contributed by atoms with E-state index >= 15 is 0 Å². The molecule has 0 saturated carbocycles. The molecule has 4 heteroatoms. The van der Waals surface area contributed by atoms with Crippen molar-refractivity contribution in [1.82, 2.24) is 0 Å². The van der Waals surface area contributed by atoms with Gasteiger partial charge in [-0.2, -0.15) is 0 Å². The number of aryl methyl sites for hydroxylation is 1. The van der Waals surface area contributed by atoms with E-state index in [-0.39, 0.29) is 11.7 Å². The van der Waals surface area contributed by atoms with Crippen LogP contribution in [0.4, 0.5) is 15.8 Å². The van der Waals surface area contributed by atoms with Crippen LogP contribution in [0.5, 0.6) is 0 Å². The normalized spacial score (nSPS) is 10.1. The number of nitrogens with two attached hydrogens (primary N) is 1. The first-order valence-corrected chi connectivity index (χ1v) is 5.49.